The van der Waals surface area contributed by atoms with Crippen molar-refractivity contribution in [1.29, 1.82) is 0 Å². The molecule has 6 rings (SSSR count). The Morgan fingerprint density at radius 2 is 1.84 bits per heavy atom. The van der Waals surface area contributed by atoms with E-state index in [4.69, 9.17) is 9.72 Å². The zero-order valence-corrected chi connectivity index (χ0v) is 25.3. The lowest BCUT2D eigenvalue weighted by Gasteiger charge is -2.34. The number of likely N-dealkylation sites (tertiary alicyclic amines) is 1. The minimum absolute atomic E-state index is 0.0728. The van der Waals surface area contributed by atoms with Crippen LogP contribution in [0.1, 0.15) is 57.1 Å². The first-order valence-electron chi connectivity index (χ1n) is 15.1. The molecule has 2 fully saturated rings. The molecule has 2 aliphatic rings. The van der Waals surface area contributed by atoms with Crippen molar-refractivity contribution in [2.45, 2.75) is 64.2 Å². The van der Waals surface area contributed by atoms with E-state index in [0.29, 0.717) is 42.7 Å². The number of hydrogen-bond acceptors (Lipinski definition) is 7. The number of hydrogen-bond donors (Lipinski definition) is 3. The van der Waals surface area contributed by atoms with Crippen LogP contribution in [0.15, 0.2) is 61.1 Å². The van der Waals surface area contributed by atoms with Gasteiger partial charge in [0, 0.05) is 48.7 Å². The van der Waals surface area contributed by atoms with Crippen LogP contribution in [0.2, 0.25) is 0 Å². The molecule has 12 nitrogen and oxygen atoms in total. The molecule has 44 heavy (non-hydrogen) atoms. The molecule has 2 amide bonds. The van der Waals surface area contributed by atoms with E-state index in [1.807, 2.05) is 80.3 Å². The van der Waals surface area contributed by atoms with Crippen molar-refractivity contribution in [3.05, 3.63) is 72.2 Å². The molecule has 2 atom stereocenters. The quantitative estimate of drug-likeness (QED) is 0.253. The minimum atomic E-state index is -1.03. The van der Waals surface area contributed by atoms with Crippen molar-refractivity contribution in [2.75, 3.05) is 29.9 Å². The number of ether oxygens (including phenoxy) is 1. The fourth-order valence-electron chi connectivity index (χ4n) is 5.58. The largest absolute Gasteiger partial charge is 0.465 e. The summed E-state index contributed by atoms with van der Waals surface area (Å²) in [4.78, 5) is 32.9. The first-order valence-corrected chi connectivity index (χ1v) is 15.1. The maximum absolute atomic E-state index is 13.8. The number of carbonyl (C=O) groups excluding carboxylic acids is 1. The van der Waals surface area contributed by atoms with E-state index >= 15 is 0 Å². The van der Waals surface area contributed by atoms with Gasteiger partial charge >= 0.3 is 12.2 Å². The Morgan fingerprint density at radius 3 is 2.48 bits per heavy atom. The van der Waals surface area contributed by atoms with Crippen LogP contribution >= 0.6 is 0 Å². The zero-order chi connectivity index (χ0) is 31.0. The molecule has 1 aliphatic carbocycles. The smallest absolute Gasteiger partial charge is 0.416 e. The molecule has 1 aromatic carbocycles. The highest BCUT2D eigenvalue weighted by Crippen LogP contribution is 2.42. The number of carboxylic acid groups (broad SMARTS) is 1. The summed E-state index contributed by atoms with van der Waals surface area (Å²) in [6, 6.07) is 13.7. The Kier molecular flexibility index (Phi) is 7.93. The van der Waals surface area contributed by atoms with Crippen LogP contribution in [-0.4, -0.2) is 77.8 Å². The molecule has 2 unspecified atom stereocenters. The second-order valence-corrected chi connectivity index (χ2v) is 12.7. The predicted octanol–water partition coefficient (Wildman–Crippen LogP) is 5.11. The highest BCUT2D eigenvalue weighted by molar-refractivity contribution is 5.88. The van der Waals surface area contributed by atoms with Crippen molar-refractivity contribution in [1.82, 2.24) is 24.1 Å². The maximum atomic E-state index is 13.8. The van der Waals surface area contributed by atoms with E-state index in [0.717, 1.165) is 29.7 Å². The Labute approximate surface area is 255 Å². The van der Waals surface area contributed by atoms with Gasteiger partial charge in [0.1, 0.15) is 17.2 Å². The number of aliphatic hydroxyl groups is 1. The third kappa shape index (κ3) is 6.49. The maximum Gasteiger partial charge on any atom is 0.416 e. The van der Waals surface area contributed by atoms with Crippen molar-refractivity contribution < 1.29 is 24.5 Å². The van der Waals surface area contributed by atoms with Crippen LogP contribution in [0.4, 0.5) is 21.2 Å². The minimum Gasteiger partial charge on any atom is -0.465 e. The number of carbonyl (C=O) groups is 2. The van der Waals surface area contributed by atoms with Crippen molar-refractivity contribution in [3.63, 3.8) is 0 Å². The summed E-state index contributed by atoms with van der Waals surface area (Å²) < 4.78 is 9.60. The number of amides is 2. The number of aliphatic hydroxyl groups excluding tert-OH is 1. The molecular weight excluding hydrogens is 562 g/mol. The van der Waals surface area contributed by atoms with Gasteiger partial charge < -0.3 is 29.7 Å². The molecule has 232 valence electrons. The van der Waals surface area contributed by atoms with Gasteiger partial charge in [-0.1, -0.05) is 12.1 Å². The number of rotatable bonds is 8. The third-order valence-corrected chi connectivity index (χ3v) is 8.10. The standard InChI is InChI=1S/C32H39N7O5/c1-32(2,3)44-31(43)38(19-21-6-10-24(11-7-21)36-13-4-5-14-36)28-16-27(35-29-25(22-8-9-22)18-34-39(28)29)33-17-23-12-15-37(30(41)42)20-26(23)40/h4-7,10-11,13-14,16,18,22-23,26,40H,8-9,12,15,17,19-20H2,1-3H3,(H,33,35)(H,41,42). The molecule has 0 spiro atoms. The number of piperidine rings is 1. The van der Waals surface area contributed by atoms with Crippen LogP contribution in [0, 0.1) is 5.92 Å². The highest BCUT2D eigenvalue weighted by Gasteiger charge is 2.33. The number of anilines is 2. The van der Waals surface area contributed by atoms with E-state index < -0.39 is 23.9 Å². The van der Waals surface area contributed by atoms with Crippen molar-refractivity contribution >= 4 is 29.5 Å². The van der Waals surface area contributed by atoms with E-state index in [1.165, 1.54) is 4.90 Å². The fourth-order valence-corrected chi connectivity index (χ4v) is 5.58. The van der Waals surface area contributed by atoms with Gasteiger partial charge in [0.25, 0.3) is 0 Å². The number of nitrogens with one attached hydrogen (secondary N) is 1. The summed E-state index contributed by atoms with van der Waals surface area (Å²) in [7, 11) is 0. The predicted molar refractivity (Wildman–Crippen MR) is 165 cm³/mol. The van der Waals surface area contributed by atoms with Gasteiger partial charge in [-0.05, 0) is 75.8 Å². The summed E-state index contributed by atoms with van der Waals surface area (Å²) in [6.45, 7) is 6.59. The zero-order valence-electron chi connectivity index (χ0n) is 25.3. The molecule has 0 bridgehead atoms. The van der Waals surface area contributed by atoms with E-state index in [2.05, 4.69) is 10.4 Å². The number of aromatic nitrogens is 4. The van der Waals surface area contributed by atoms with Gasteiger partial charge in [-0.2, -0.15) is 9.61 Å². The lowest BCUT2D eigenvalue weighted by atomic mass is 9.94. The Bertz CT molecular complexity index is 1620. The normalized spacial score (nSPS) is 18.8. The Hall–Kier alpha value is -4.58. The van der Waals surface area contributed by atoms with Crippen molar-refractivity contribution in [3.8, 4) is 5.69 Å². The number of fused-ring (bicyclic) bond motifs is 1. The van der Waals surface area contributed by atoms with Gasteiger partial charge in [-0.25, -0.2) is 14.6 Å². The van der Waals surface area contributed by atoms with Gasteiger partial charge in [-0.3, -0.25) is 4.90 Å². The van der Waals surface area contributed by atoms with Gasteiger partial charge in [0.05, 0.1) is 25.4 Å². The molecule has 4 heterocycles. The van der Waals surface area contributed by atoms with E-state index in [9.17, 15) is 19.8 Å². The van der Waals surface area contributed by atoms with Crippen LogP contribution in [0.5, 0.6) is 0 Å². The lowest BCUT2D eigenvalue weighted by molar-refractivity contribution is 0.0294. The molecule has 1 aliphatic heterocycles. The highest BCUT2D eigenvalue weighted by atomic mass is 16.6. The Balaban J connectivity index is 1.33. The van der Waals surface area contributed by atoms with E-state index in [-0.39, 0.29) is 19.0 Å². The molecule has 3 N–H and O–H groups in total. The average Bonchev–Trinajstić information content (AvgIpc) is 3.49. The average molecular weight is 602 g/mol. The van der Waals surface area contributed by atoms with Gasteiger partial charge in [-0.15, -0.1) is 0 Å². The molecule has 1 saturated carbocycles. The summed E-state index contributed by atoms with van der Waals surface area (Å²) in [5.74, 6) is 1.27. The monoisotopic (exact) mass is 601 g/mol. The second kappa shape index (κ2) is 11.8. The van der Waals surface area contributed by atoms with Crippen LogP contribution in [0.3, 0.4) is 0 Å². The Morgan fingerprint density at radius 1 is 1.11 bits per heavy atom. The molecule has 1 saturated heterocycles. The molecule has 0 radical (unpaired) electrons. The van der Waals surface area contributed by atoms with Crippen molar-refractivity contribution in [2.24, 2.45) is 5.92 Å². The fraction of sp³-hybridized carbons (Fsp3) is 0.438. The first-order chi connectivity index (χ1) is 21.1. The third-order valence-electron chi connectivity index (χ3n) is 8.10. The number of benzene rings is 1. The van der Waals surface area contributed by atoms with Crippen LogP contribution in [0.25, 0.3) is 11.3 Å². The summed E-state index contributed by atoms with van der Waals surface area (Å²) in [6.07, 6.45) is 6.12. The summed E-state index contributed by atoms with van der Waals surface area (Å²) >= 11 is 0. The SMILES string of the molecule is CC(C)(C)OC(=O)N(Cc1ccc(-n2cccc2)cc1)c1cc(NCC2CCN(C(=O)O)CC2O)nc2c(C3CC3)cnn12. The lowest BCUT2D eigenvalue weighted by Crippen LogP contribution is -2.47. The number of β-amino-alcohol motifs (C(OH)–C–C–N with tert-alkyl or cyclic N) is 1. The second-order valence-electron chi connectivity index (χ2n) is 12.7. The van der Waals surface area contributed by atoms with Crippen LogP contribution in [-0.2, 0) is 11.3 Å². The summed E-state index contributed by atoms with van der Waals surface area (Å²) in [5.41, 5.74) is 2.91. The molecular formula is C32H39N7O5. The molecule has 4 aromatic rings. The summed E-state index contributed by atoms with van der Waals surface area (Å²) in [5, 5.41) is 28.0. The molecule has 3 aromatic heterocycles. The molecule has 12 heteroatoms. The number of nitrogens with zero attached hydrogens (tertiary/aromatic N) is 6. The first kappa shape index (κ1) is 29.5. The van der Waals surface area contributed by atoms with Gasteiger partial charge in [0.15, 0.2) is 5.65 Å². The van der Waals surface area contributed by atoms with Crippen LogP contribution < -0.4 is 10.2 Å². The van der Waals surface area contributed by atoms with E-state index in [1.54, 1.807) is 15.5 Å². The van der Waals surface area contributed by atoms with Gasteiger partial charge in [0.2, 0.25) is 0 Å². The topological polar surface area (TPSA) is 137 Å².